The largest absolute Gasteiger partial charge is 0.381 e. The molecule has 0 aliphatic carbocycles. The SMILES string of the molecule is O=C(Nc1cc(-c2cc(NCC3CCOCC3)ncn2)c(Cl)cn1)C1CCNC1. The van der Waals surface area contributed by atoms with Crippen LogP contribution in [0.5, 0.6) is 0 Å². The van der Waals surface area contributed by atoms with E-state index in [1.165, 1.54) is 12.5 Å². The first kappa shape index (κ1) is 20.0. The molecule has 1 unspecified atom stereocenters. The third-order valence-electron chi connectivity index (χ3n) is 5.39. The Morgan fingerprint density at radius 1 is 1.17 bits per heavy atom. The molecule has 4 heterocycles. The summed E-state index contributed by atoms with van der Waals surface area (Å²) < 4.78 is 5.41. The van der Waals surface area contributed by atoms with Gasteiger partial charge in [0, 0.05) is 44.1 Å². The van der Waals surface area contributed by atoms with Gasteiger partial charge in [0.05, 0.1) is 16.6 Å². The number of rotatable bonds is 6. The lowest BCUT2D eigenvalue weighted by Gasteiger charge is -2.22. The number of nitrogens with zero attached hydrogens (tertiary/aromatic N) is 3. The molecule has 9 heteroatoms. The average molecular weight is 417 g/mol. The van der Waals surface area contributed by atoms with E-state index in [9.17, 15) is 4.79 Å². The maximum Gasteiger partial charge on any atom is 0.229 e. The van der Waals surface area contributed by atoms with E-state index in [-0.39, 0.29) is 11.8 Å². The highest BCUT2D eigenvalue weighted by molar-refractivity contribution is 6.33. The number of ether oxygens (including phenoxy) is 1. The van der Waals surface area contributed by atoms with Crippen molar-refractivity contribution in [3.63, 3.8) is 0 Å². The van der Waals surface area contributed by atoms with Crippen LogP contribution in [0, 0.1) is 11.8 Å². The number of amides is 1. The van der Waals surface area contributed by atoms with Gasteiger partial charge in [-0.05, 0) is 37.8 Å². The lowest BCUT2D eigenvalue weighted by molar-refractivity contribution is -0.119. The van der Waals surface area contributed by atoms with Gasteiger partial charge in [0.1, 0.15) is 18.0 Å². The molecule has 0 spiro atoms. The third-order valence-corrected chi connectivity index (χ3v) is 5.69. The minimum Gasteiger partial charge on any atom is -0.381 e. The fourth-order valence-corrected chi connectivity index (χ4v) is 3.81. The highest BCUT2D eigenvalue weighted by Crippen LogP contribution is 2.29. The van der Waals surface area contributed by atoms with Crippen LogP contribution in [0.3, 0.4) is 0 Å². The summed E-state index contributed by atoms with van der Waals surface area (Å²) in [5.41, 5.74) is 1.39. The van der Waals surface area contributed by atoms with E-state index in [0.29, 0.717) is 34.6 Å². The van der Waals surface area contributed by atoms with E-state index in [1.807, 2.05) is 6.07 Å². The predicted molar refractivity (Wildman–Crippen MR) is 112 cm³/mol. The number of carbonyl (C=O) groups is 1. The maximum atomic E-state index is 12.4. The first-order valence-electron chi connectivity index (χ1n) is 10.00. The highest BCUT2D eigenvalue weighted by atomic mass is 35.5. The van der Waals surface area contributed by atoms with Crippen molar-refractivity contribution in [3.8, 4) is 11.3 Å². The molecule has 2 saturated heterocycles. The molecule has 0 aromatic carbocycles. The van der Waals surface area contributed by atoms with Crippen LogP contribution in [-0.2, 0) is 9.53 Å². The predicted octanol–water partition coefficient (Wildman–Crippen LogP) is 2.58. The summed E-state index contributed by atoms with van der Waals surface area (Å²) in [6.45, 7) is 4.04. The van der Waals surface area contributed by atoms with Crippen LogP contribution in [-0.4, -0.2) is 53.7 Å². The molecule has 1 atom stereocenters. The van der Waals surface area contributed by atoms with Gasteiger partial charge in [-0.25, -0.2) is 15.0 Å². The van der Waals surface area contributed by atoms with Crippen LogP contribution in [0.1, 0.15) is 19.3 Å². The van der Waals surface area contributed by atoms with E-state index < -0.39 is 0 Å². The Morgan fingerprint density at radius 2 is 2.03 bits per heavy atom. The molecule has 3 N–H and O–H groups in total. The van der Waals surface area contributed by atoms with Crippen molar-refractivity contribution < 1.29 is 9.53 Å². The molecule has 2 fully saturated rings. The van der Waals surface area contributed by atoms with Crippen molar-refractivity contribution in [3.05, 3.63) is 29.7 Å². The smallest absolute Gasteiger partial charge is 0.229 e. The second-order valence-corrected chi connectivity index (χ2v) is 7.86. The third kappa shape index (κ3) is 5.20. The number of carbonyl (C=O) groups excluding carboxylic acids is 1. The van der Waals surface area contributed by atoms with Crippen LogP contribution in [0.4, 0.5) is 11.6 Å². The first-order chi connectivity index (χ1) is 14.2. The second kappa shape index (κ2) is 9.47. The summed E-state index contributed by atoms with van der Waals surface area (Å²) in [4.78, 5) is 25.3. The normalized spacial score (nSPS) is 19.8. The number of halogens is 1. The topological polar surface area (TPSA) is 101 Å². The van der Waals surface area contributed by atoms with Crippen molar-refractivity contribution in [2.75, 3.05) is 43.5 Å². The summed E-state index contributed by atoms with van der Waals surface area (Å²) in [7, 11) is 0. The Kier molecular flexibility index (Phi) is 6.53. The summed E-state index contributed by atoms with van der Waals surface area (Å²) in [6.07, 6.45) is 6.00. The maximum absolute atomic E-state index is 12.4. The number of hydrogen-bond acceptors (Lipinski definition) is 7. The molecule has 2 aliphatic rings. The molecule has 0 radical (unpaired) electrons. The van der Waals surface area contributed by atoms with Crippen LogP contribution in [0.15, 0.2) is 24.7 Å². The summed E-state index contributed by atoms with van der Waals surface area (Å²) in [5.74, 6) is 1.74. The van der Waals surface area contributed by atoms with Crippen LogP contribution in [0.25, 0.3) is 11.3 Å². The quantitative estimate of drug-likeness (QED) is 0.665. The number of pyridine rings is 1. The fraction of sp³-hybridized carbons (Fsp3) is 0.500. The molecule has 154 valence electrons. The van der Waals surface area contributed by atoms with Gasteiger partial charge in [-0.15, -0.1) is 0 Å². The van der Waals surface area contributed by atoms with Crippen molar-refractivity contribution in [1.82, 2.24) is 20.3 Å². The van der Waals surface area contributed by atoms with Gasteiger partial charge in [-0.2, -0.15) is 0 Å². The average Bonchev–Trinajstić information content (AvgIpc) is 3.30. The number of hydrogen-bond donors (Lipinski definition) is 3. The van der Waals surface area contributed by atoms with Gasteiger partial charge < -0.3 is 20.7 Å². The molecule has 0 bridgehead atoms. The van der Waals surface area contributed by atoms with E-state index in [4.69, 9.17) is 16.3 Å². The minimum atomic E-state index is -0.0315. The molecule has 4 rings (SSSR count). The van der Waals surface area contributed by atoms with Gasteiger partial charge in [0.15, 0.2) is 0 Å². The Labute approximate surface area is 174 Å². The highest BCUT2D eigenvalue weighted by Gasteiger charge is 2.23. The van der Waals surface area contributed by atoms with Gasteiger partial charge >= 0.3 is 0 Å². The fourth-order valence-electron chi connectivity index (χ4n) is 3.61. The van der Waals surface area contributed by atoms with Gasteiger partial charge in [-0.1, -0.05) is 11.6 Å². The summed E-state index contributed by atoms with van der Waals surface area (Å²) in [5, 5.41) is 9.94. The molecule has 2 aromatic heterocycles. The number of nitrogens with one attached hydrogen (secondary N) is 3. The molecular formula is C20H25ClN6O2. The molecule has 0 saturated carbocycles. The van der Waals surface area contributed by atoms with Crippen LogP contribution >= 0.6 is 11.6 Å². The van der Waals surface area contributed by atoms with Gasteiger partial charge in [0.25, 0.3) is 0 Å². The Bertz CT molecular complexity index is 853. The standard InChI is InChI=1S/C20H25ClN6O2/c21-16-11-24-19(27-20(28)14-1-4-22-10-14)7-15(16)17-8-18(26-12-25-17)23-9-13-2-5-29-6-3-13/h7-8,11-14,22H,1-6,9-10H2,(H,23,25,26)(H,24,27,28). The zero-order valence-electron chi connectivity index (χ0n) is 16.2. The molecule has 1 amide bonds. The van der Waals surface area contributed by atoms with E-state index in [2.05, 4.69) is 30.9 Å². The van der Waals surface area contributed by atoms with Gasteiger partial charge in [-0.3, -0.25) is 4.79 Å². The van der Waals surface area contributed by atoms with Crippen LogP contribution < -0.4 is 16.0 Å². The zero-order valence-corrected chi connectivity index (χ0v) is 16.9. The van der Waals surface area contributed by atoms with E-state index in [1.54, 1.807) is 6.07 Å². The zero-order chi connectivity index (χ0) is 20.1. The molecule has 29 heavy (non-hydrogen) atoms. The Morgan fingerprint density at radius 3 is 2.83 bits per heavy atom. The molecule has 2 aromatic rings. The summed E-state index contributed by atoms with van der Waals surface area (Å²) in [6, 6.07) is 3.63. The van der Waals surface area contributed by atoms with Crippen molar-refractivity contribution >= 4 is 29.1 Å². The van der Waals surface area contributed by atoms with Crippen molar-refractivity contribution in [2.45, 2.75) is 19.3 Å². The molecular weight excluding hydrogens is 392 g/mol. The second-order valence-electron chi connectivity index (χ2n) is 7.45. The lowest BCUT2D eigenvalue weighted by atomic mass is 10.0. The monoisotopic (exact) mass is 416 g/mol. The number of anilines is 2. The van der Waals surface area contributed by atoms with Crippen LogP contribution in [0.2, 0.25) is 5.02 Å². The van der Waals surface area contributed by atoms with E-state index in [0.717, 1.165) is 51.4 Å². The van der Waals surface area contributed by atoms with Crippen molar-refractivity contribution in [1.29, 1.82) is 0 Å². The van der Waals surface area contributed by atoms with Gasteiger partial charge in [0.2, 0.25) is 5.91 Å². The number of aromatic nitrogens is 3. The Balaban J connectivity index is 1.46. The minimum absolute atomic E-state index is 0.0303. The Hall–Kier alpha value is -2.29. The summed E-state index contributed by atoms with van der Waals surface area (Å²) >= 11 is 6.37. The lowest BCUT2D eigenvalue weighted by Crippen LogP contribution is -2.25. The van der Waals surface area contributed by atoms with Crippen molar-refractivity contribution in [2.24, 2.45) is 11.8 Å². The molecule has 8 nitrogen and oxygen atoms in total. The molecule has 2 aliphatic heterocycles. The van der Waals surface area contributed by atoms with E-state index >= 15 is 0 Å². The first-order valence-corrected chi connectivity index (χ1v) is 10.4.